The predicted octanol–water partition coefficient (Wildman–Crippen LogP) is 0.140. The van der Waals surface area contributed by atoms with E-state index in [1.54, 1.807) is 24.3 Å². The summed E-state index contributed by atoms with van der Waals surface area (Å²) >= 11 is 0. The Hall–Kier alpha value is -1.59. The summed E-state index contributed by atoms with van der Waals surface area (Å²) in [6.07, 6.45) is -1.21. The van der Waals surface area contributed by atoms with Crippen LogP contribution in [0.5, 0.6) is 5.75 Å². The predicted molar refractivity (Wildman–Crippen MR) is 53.6 cm³/mol. The van der Waals surface area contributed by atoms with Gasteiger partial charge in [0, 0.05) is 0 Å². The number of aliphatic carboxylic acids is 1. The van der Waals surface area contributed by atoms with Crippen LogP contribution in [0, 0.1) is 0 Å². The average Bonchev–Trinajstić information content (AvgIpc) is 2.27. The van der Waals surface area contributed by atoms with Gasteiger partial charge in [-0.3, -0.25) is 4.79 Å². The minimum absolute atomic E-state index is 0.450. The van der Waals surface area contributed by atoms with E-state index in [0.717, 1.165) is 0 Å². The SMILES string of the molecule is COc1ccc([C@@H](O)[C@H](N)C(=O)O)cc1. The lowest BCUT2D eigenvalue weighted by Crippen LogP contribution is -2.36. The minimum atomic E-state index is -1.32. The zero-order valence-corrected chi connectivity index (χ0v) is 8.25. The number of carboxylic acids is 1. The van der Waals surface area contributed by atoms with E-state index in [9.17, 15) is 9.90 Å². The highest BCUT2D eigenvalue weighted by atomic mass is 16.5. The van der Waals surface area contributed by atoms with Gasteiger partial charge in [-0.1, -0.05) is 12.1 Å². The van der Waals surface area contributed by atoms with Crippen LogP contribution < -0.4 is 10.5 Å². The van der Waals surface area contributed by atoms with Crippen molar-refractivity contribution in [3.8, 4) is 5.75 Å². The van der Waals surface area contributed by atoms with E-state index in [-0.39, 0.29) is 0 Å². The molecule has 0 saturated carbocycles. The molecule has 0 aliphatic carbocycles. The Morgan fingerprint density at radius 1 is 1.40 bits per heavy atom. The average molecular weight is 211 g/mol. The smallest absolute Gasteiger partial charge is 0.323 e. The molecule has 4 N–H and O–H groups in total. The fraction of sp³-hybridized carbons (Fsp3) is 0.300. The third kappa shape index (κ3) is 2.68. The first-order valence-corrected chi connectivity index (χ1v) is 4.36. The Labute approximate surface area is 87.1 Å². The topological polar surface area (TPSA) is 92.8 Å². The van der Waals surface area contributed by atoms with Gasteiger partial charge in [-0.25, -0.2) is 0 Å². The molecule has 15 heavy (non-hydrogen) atoms. The van der Waals surface area contributed by atoms with Gasteiger partial charge in [0.1, 0.15) is 17.9 Å². The molecule has 1 aromatic carbocycles. The number of hydrogen-bond donors (Lipinski definition) is 3. The van der Waals surface area contributed by atoms with E-state index >= 15 is 0 Å². The van der Waals surface area contributed by atoms with Crippen LogP contribution >= 0.6 is 0 Å². The molecule has 0 heterocycles. The molecule has 0 fully saturated rings. The van der Waals surface area contributed by atoms with Crippen LogP contribution in [-0.4, -0.2) is 29.3 Å². The van der Waals surface area contributed by atoms with Crippen molar-refractivity contribution in [2.24, 2.45) is 5.73 Å². The quantitative estimate of drug-likeness (QED) is 0.658. The molecule has 0 aliphatic heterocycles. The highest BCUT2D eigenvalue weighted by Crippen LogP contribution is 2.19. The van der Waals surface area contributed by atoms with Crippen molar-refractivity contribution in [2.75, 3.05) is 7.11 Å². The van der Waals surface area contributed by atoms with Gasteiger partial charge in [0.25, 0.3) is 0 Å². The van der Waals surface area contributed by atoms with Crippen LogP contribution in [0.4, 0.5) is 0 Å². The second-order valence-corrected chi connectivity index (χ2v) is 3.08. The third-order valence-electron chi connectivity index (χ3n) is 2.08. The van der Waals surface area contributed by atoms with Crippen LogP contribution in [0.2, 0.25) is 0 Å². The van der Waals surface area contributed by atoms with Crippen LogP contribution in [0.1, 0.15) is 11.7 Å². The van der Waals surface area contributed by atoms with Crippen molar-refractivity contribution in [1.29, 1.82) is 0 Å². The zero-order chi connectivity index (χ0) is 11.4. The van der Waals surface area contributed by atoms with Gasteiger partial charge in [-0.15, -0.1) is 0 Å². The first-order chi connectivity index (χ1) is 7.06. The standard InChI is InChI=1S/C10H13NO4/c1-15-7-4-2-6(3-5-7)9(12)8(11)10(13)14/h2-5,8-9,12H,11H2,1H3,(H,13,14)/t8-,9+/m0/s1. The summed E-state index contributed by atoms with van der Waals surface area (Å²) in [5.74, 6) is -0.604. The van der Waals surface area contributed by atoms with E-state index < -0.39 is 18.1 Å². The fourth-order valence-corrected chi connectivity index (χ4v) is 1.14. The van der Waals surface area contributed by atoms with E-state index in [0.29, 0.717) is 11.3 Å². The molecule has 1 rings (SSSR count). The van der Waals surface area contributed by atoms with Gasteiger partial charge in [-0.05, 0) is 17.7 Å². The molecule has 82 valence electrons. The first-order valence-electron chi connectivity index (χ1n) is 4.36. The summed E-state index contributed by atoms with van der Waals surface area (Å²) in [6, 6.07) is 5.09. The number of benzene rings is 1. The molecule has 5 heteroatoms. The number of aliphatic hydroxyl groups is 1. The van der Waals surface area contributed by atoms with Crippen molar-refractivity contribution in [2.45, 2.75) is 12.1 Å². The Kier molecular flexibility index (Phi) is 3.65. The molecular weight excluding hydrogens is 198 g/mol. The first kappa shape index (κ1) is 11.5. The van der Waals surface area contributed by atoms with Gasteiger partial charge in [0.2, 0.25) is 0 Å². The van der Waals surface area contributed by atoms with Gasteiger partial charge >= 0.3 is 5.97 Å². The van der Waals surface area contributed by atoms with E-state index in [1.165, 1.54) is 7.11 Å². The number of aliphatic hydroxyl groups excluding tert-OH is 1. The summed E-state index contributed by atoms with van der Waals surface area (Å²) in [5, 5.41) is 18.2. The van der Waals surface area contributed by atoms with Gasteiger partial charge in [0.05, 0.1) is 7.11 Å². The Morgan fingerprint density at radius 2 is 1.93 bits per heavy atom. The molecule has 0 radical (unpaired) electrons. The van der Waals surface area contributed by atoms with E-state index in [4.69, 9.17) is 15.6 Å². The maximum atomic E-state index is 10.5. The fourth-order valence-electron chi connectivity index (χ4n) is 1.14. The lowest BCUT2D eigenvalue weighted by atomic mass is 10.0. The second kappa shape index (κ2) is 4.77. The highest BCUT2D eigenvalue weighted by molar-refractivity contribution is 5.74. The molecule has 0 amide bonds. The highest BCUT2D eigenvalue weighted by Gasteiger charge is 2.23. The van der Waals surface area contributed by atoms with Crippen molar-refractivity contribution >= 4 is 5.97 Å². The summed E-state index contributed by atoms with van der Waals surface area (Å²) in [5.41, 5.74) is 5.73. The van der Waals surface area contributed by atoms with Gasteiger partial charge in [-0.2, -0.15) is 0 Å². The molecule has 0 spiro atoms. The molecule has 0 aromatic heterocycles. The Balaban J connectivity index is 2.82. The molecular formula is C10H13NO4. The maximum absolute atomic E-state index is 10.5. The molecule has 0 saturated heterocycles. The van der Waals surface area contributed by atoms with Crippen molar-refractivity contribution in [1.82, 2.24) is 0 Å². The van der Waals surface area contributed by atoms with E-state index in [2.05, 4.69) is 0 Å². The van der Waals surface area contributed by atoms with Gasteiger partial charge in [0.15, 0.2) is 0 Å². The number of carbonyl (C=O) groups is 1. The van der Waals surface area contributed by atoms with Crippen LogP contribution in [0.3, 0.4) is 0 Å². The Bertz CT molecular complexity index is 336. The summed E-state index contributed by atoms with van der Waals surface area (Å²) in [7, 11) is 1.52. The molecule has 1 aromatic rings. The number of rotatable bonds is 4. The lowest BCUT2D eigenvalue weighted by Gasteiger charge is -2.15. The largest absolute Gasteiger partial charge is 0.497 e. The number of hydrogen-bond acceptors (Lipinski definition) is 4. The summed E-state index contributed by atoms with van der Waals surface area (Å²) in [6.45, 7) is 0. The monoisotopic (exact) mass is 211 g/mol. The lowest BCUT2D eigenvalue weighted by molar-refractivity contribution is -0.141. The number of carboxylic acid groups (broad SMARTS) is 1. The van der Waals surface area contributed by atoms with Crippen LogP contribution in [-0.2, 0) is 4.79 Å². The summed E-state index contributed by atoms with van der Waals surface area (Å²) in [4.78, 5) is 10.5. The molecule has 2 atom stereocenters. The number of methoxy groups -OCH3 is 1. The number of nitrogens with two attached hydrogens (primary N) is 1. The molecule has 0 aliphatic rings. The number of ether oxygens (including phenoxy) is 1. The molecule has 0 bridgehead atoms. The normalized spacial score (nSPS) is 14.3. The minimum Gasteiger partial charge on any atom is -0.497 e. The summed E-state index contributed by atoms with van der Waals surface area (Å²) < 4.78 is 4.93. The maximum Gasteiger partial charge on any atom is 0.323 e. The molecule has 5 nitrogen and oxygen atoms in total. The van der Waals surface area contributed by atoms with Crippen molar-refractivity contribution < 1.29 is 19.7 Å². The van der Waals surface area contributed by atoms with Crippen LogP contribution in [0.25, 0.3) is 0 Å². The van der Waals surface area contributed by atoms with E-state index in [1.807, 2.05) is 0 Å². The van der Waals surface area contributed by atoms with Crippen LogP contribution in [0.15, 0.2) is 24.3 Å². The third-order valence-corrected chi connectivity index (χ3v) is 2.08. The zero-order valence-electron chi connectivity index (χ0n) is 8.25. The Morgan fingerprint density at radius 3 is 2.33 bits per heavy atom. The van der Waals surface area contributed by atoms with Crippen molar-refractivity contribution in [3.05, 3.63) is 29.8 Å². The van der Waals surface area contributed by atoms with Gasteiger partial charge < -0.3 is 20.7 Å². The van der Waals surface area contributed by atoms with Crippen molar-refractivity contribution in [3.63, 3.8) is 0 Å². The molecule has 0 unspecified atom stereocenters. The second-order valence-electron chi connectivity index (χ2n) is 3.08.